The number of hydrogen-bond donors (Lipinski definition) is 1. The normalized spacial score (nSPS) is 14.4. The van der Waals surface area contributed by atoms with Crippen LogP contribution in [0.5, 0.6) is 0 Å². The Kier molecular flexibility index (Phi) is 7.93. The topological polar surface area (TPSA) is 63.3 Å². The van der Waals surface area contributed by atoms with Crippen LogP contribution in [0.2, 0.25) is 0 Å². The summed E-state index contributed by atoms with van der Waals surface area (Å²) in [6, 6.07) is 2.13. The van der Waals surface area contributed by atoms with Gasteiger partial charge in [0.05, 0.1) is 13.1 Å². The number of aromatic nitrogens is 4. The van der Waals surface area contributed by atoms with Crippen LogP contribution in [0.15, 0.2) is 21.7 Å². The summed E-state index contributed by atoms with van der Waals surface area (Å²) in [7, 11) is 5.90. The summed E-state index contributed by atoms with van der Waals surface area (Å²) in [6.45, 7) is 2.44. The van der Waals surface area contributed by atoms with Crippen molar-refractivity contribution in [1.82, 2.24) is 29.5 Å². The molecule has 0 bridgehead atoms. The van der Waals surface area contributed by atoms with Crippen LogP contribution in [0.4, 0.5) is 0 Å². The number of rotatable bonds is 4. The molecular weight excluding hydrogens is 509 g/mol. The first-order valence-electron chi connectivity index (χ1n) is 8.72. The zero-order chi connectivity index (χ0) is 17.8. The Labute approximate surface area is 180 Å². The third-order valence-corrected chi connectivity index (χ3v) is 5.07. The lowest BCUT2D eigenvalue weighted by Crippen LogP contribution is -2.38. The molecule has 7 nitrogen and oxygen atoms in total. The van der Waals surface area contributed by atoms with Crippen LogP contribution in [-0.4, -0.2) is 44.3 Å². The molecule has 2 aromatic heterocycles. The van der Waals surface area contributed by atoms with Crippen molar-refractivity contribution in [2.24, 2.45) is 12.0 Å². The van der Waals surface area contributed by atoms with E-state index >= 15 is 0 Å². The number of nitrogens with one attached hydrogen (secondary N) is 1. The lowest BCUT2D eigenvalue weighted by atomic mass is 10.2. The number of aliphatic imine (C=N–C) groups is 1. The maximum absolute atomic E-state index is 4.40. The van der Waals surface area contributed by atoms with Crippen LogP contribution in [0.1, 0.15) is 36.6 Å². The SMILES string of the molecule is CN=C(NCc1nnc2n1CCCCC2)N(C)Cc1cc(Br)cn1C.I. The Bertz CT molecular complexity index is 752. The van der Waals surface area contributed by atoms with Crippen molar-refractivity contribution in [1.29, 1.82) is 0 Å². The number of guanidine groups is 1. The molecule has 3 heterocycles. The van der Waals surface area contributed by atoms with Gasteiger partial charge in [0.1, 0.15) is 5.82 Å². The van der Waals surface area contributed by atoms with Crippen molar-refractivity contribution in [3.63, 3.8) is 0 Å². The zero-order valence-corrected chi connectivity index (χ0v) is 19.5. The lowest BCUT2D eigenvalue weighted by Gasteiger charge is -2.22. The number of aryl methyl sites for hydroxylation is 2. The third kappa shape index (κ3) is 4.99. The van der Waals surface area contributed by atoms with Gasteiger partial charge in [0, 0.05) is 50.5 Å². The predicted molar refractivity (Wildman–Crippen MR) is 118 cm³/mol. The molecule has 26 heavy (non-hydrogen) atoms. The van der Waals surface area contributed by atoms with Crippen molar-refractivity contribution in [3.8, 4) is 0 Å². The predicted octanol–water partition coefficient (Wildman–Crippen LogP) is 2.93. The van der Waals surface area contributed by atoms with Gasteiger partial charge < -0.3 is 19.4 Å². The number of halogens is 2. The molecule has 3 rings (SSSR count). The number of hydrogen-bond acceptors (Lipinski definition) is 3. The Morgan fingerprint density at radius 2 is 2.15 bits per heavy atom. The average molecular weight is 536 g/mol. The van der Waals surface area contributed by atoms with Crippen LogP contribution in [0.3, 0.4) is 0 Å². The molecule has 9 heteroatoms. The largest absolute Gasteiger partial charge is 0.352 e. The first kappa shape index (κ1) is 21.2. The van der Waals surface area contributed by atoms with Crippen LogP contribution < -0.4 is 5.32 Å². The molecule has 1 aliphatic rings. The van der Waals surface area contributed by atoms with Gasteiger partial charge >= 0.3 is 0 Å². The molecule has 1 aliphatic heterocycles. The van der Waals surface area contributed by atoms with Gasteiger partial charge in [-0.1, -0.05) is 6.42 Å². The van der Waals surface area contributed by atoms with E-state index in [1.807, 2.05) is 14.1 Å². The maximum atomic E-state index is 4.40. The summed E-state index contributed by atoms with van der Waals surface area (Å²) in [4.78, 5) is 6.52. The fourth-order valence-electron chi connectivity index (χ4n) is 3.26. The van der Waals surface area contributed by atoms with E-state index in [4.69, 9.17) is 0 Å². The van der Waals surface area contributed by atoms with E-state index in [-0.39, 0.29) is 24.0 Å². The van der Waals surface area contributed by atoms with Crippen molar-refractivity contribution in [2.75, 3.05) is 14.1 Å². The molecule has 1 N–H and O–H groups in total. The smallest absolute Gasteiger partial charge is 0.194 e. The van der Waals surface area contributed by atoms with Gasteiger partial charge in [-0.05, 0) is 34.8 Å². The second kappa shape index (κ2) is 9.72. The maximum Gasteiger partial charge on any atom is 0.194 e. The summed E-state index contributed by atoms with van der Waals surface area (Å²) in [5.41, 5.74) is 1.22. The van der Waals surface area contributed by atoms with Gasteiger partial charge in [0.2, 0.25) is 0 Å². The van der Waals surface area contributed by atoms with E-state index in [9.17, 15) is 0 Å². The summed E-state index contributed by atoms with van der Waals surface area (Å²) >= 11 is 3.52. The molecular formula is C17H27BrIN7. The van der Waals surface area contributed by atoms with Crippen LogP contribution in [0, 0.1) is 0 Å². The van der Waals surface area contributed by atoms with Gasteiger partial charge in [0.15, 0.2) is 11.8 Å². The lowest BCUT2D eigenvalue weighted by molar-refractivity contribution is 0.459. The summed E-state index contributed by atoms with van der Waals surface area (Å²) in [6.07, 6.45) is 6.78. The summed E-state index contributed by atoms with van der Waals surface area (Å²) in [5.74, 6) is 2.96. The Hall–Kier alpha value is -1.10. The Morgan fingerprint density at radius 1 is 1.35 bits per heavy atom. The van der Waals surface area contributed by atoms with E-state index in [0.29, 0.717) is 6.54 Å². The van der Waals surface area contributed by atoms with Crippen molar-refractivity contribution >= 4 is 45.9 Å². The molecule has 0 unspecified atom stereocenters. The molecule has 0 aromatic carbocycles. The molecule has 0 amide bonds. The molecule has 0 fully saturated rings. The highest BCUT2D eigenvalue weighted by Gasteiger charge is 2.16. The molecule has 0 radical (unpaired) electrons. The van der Waals surface area contributed by atoms with E-state index in [2.05, 4.69) is 69.8 Å². The van der Waals surface area contributed by atoms with Gasteiger partial charge in [-0.15, -0.1) is 34.2 Å². The summed E-state index contributed by atoms with van der Waals surface area (Å²) in [5, 5.41) is 12.2. The minimum absolute atomic E-state index is 0. The van der Waals surface area contributed by atoms with E-state index < -0.39 is 0 Å². The first-order chi connectivity index (χ1) is 12.1. The first-order valence-corrected chi connectivity index (χ1v) is 9.51. The molecule has 2 aromatic rings. The Morgan fingerprint density at radius 3 is 2.85 bits per heavy atom. The van der Waals surface area contributed by atoms with Gasteiger partial charge in [0.25, 0.3) is 0 Å². The summed E-state index contributed by atoms with van der Waals surface area (Å²) < 4.78 is 5.47. The number of nitrogens with zero attached hydrogens (tertiary/aromatic N) is 6. The molecule has 0 saturated carbocycles. The molecule has 0 spiro atoms. The van der Waals surface area contributed by atoms with Crippen LogP contribution >= 0.6 is 39.9 Å². The number of fused-ring (bicyclic) bond motifs is 1. The van der Waals surface area contributed by atoms with E-state index in [0.717, 1.165) is 41.6 Å². The second-order valence-electron chi connectivity index (χ2n) is 6.51. The fraction of sp³-hybridized carbons (Fsp3) is 0.588. The van der Waals surface area contributed by atoms with Gasteiger partial charge in [-0.3, -0.25) is 4.99 Å². The highest BCUT2D eigenvalue weighted by Crippen LogP contribution is 2.16. The second-order valence-corrected chi connectivity index (χ2v) is 7.43. The zero-order valence-electron chi connectivity index (χ0n) is 15.6. The highest BCUT2D eigenvalue weighted by molar-refractivity contribution is 14.0. The van der Waals surface area contributed by atoms with Crippen molar-refractivity contribution in [2.45, 2.75) is 45.3 Å². The molecule has 0 atom stereocenters. The van der Waals surface area contributed by atoms with Crippen molar-refractivity contribution < 1.29 is 0 Å². The molecule has 0 saturated heterocycles. The fourth-order valence-corrected chi connectivity index (χ4v) is 3.83. The quantitative estimate of drug-likeness (QED) is 0.371. The molecule has 144 valence electrons. The monoisotopic (exact) mass is 535 g/mol. The minimum Gasteiger partial charge on any atom is -0.352 e. The third-order valence-electron chi connectivity index (χ3n) is 4.64. The van der Waals surface area contributed by atoms with Crippen molar-refractivity contribution in [3.05, 3.63) is 34.1 Å². The van der Waals surface area contributed by atoms with Gasteiger partial charge in [-0.2, -0.15) is 0 Å². The van der Waals surface area contributed by atoms with Crippen LogP contribution in [-0.2, 0) is 33.1 Å². The highest BCUT2D eigenvalue weighted by atomic mass is 127. The Balaban J connectivity index is 0.00000243. The average Bonchev–Trinajstić information content (AvgIpc) is 3.01. The van der Waals surface area contributed by atoms with Crippen LogP contribution in [0.25, 0.3) is 0 Å². The van der Waals surface area contributed by atoms with E-state index in [1.54, 1.807) is 0 Å². The molecule has 0 aliphatic carbocycles. The minimum atomic E-state index is 0. The standard InChI is InChI=1S/C17H26BrN7.HI/c1-19-17(24(3)12-14-9-13(18)11-23(14)2)20-10-16-22-21-15-7-5-4-6-8-25(15)16;/h9,11H,4-8,10,12H2,1-3H3,(H,19,20);1H. The van der Waals surface area contributed by atoms with E-state index in [1.165, 1.54) is 25.0 Å². The van der Waals surface area contributed by atoms with Gasteiger partial charge in [-0.25, -0.2) is 0 Å².